The largest absolute Gasteiger partial charge is 0.508 e. The molecule has 25 heavy (non-hydrogen) atoms. The fourth-order valence-corrected chi connectivity index (χ4v) is 3.22. The minimum atomic E-state index is -0.111. The van der Waals surface area contributed by atoms with Crippen LogP contribution >= 0.6 is 0 Å². The number of piperidine rings is 1. The average molecular weight is 341 g/mol. The summed E-state index contributed by atoms with van der Waals surface area (Å²) >= 11 is 0. The summed E-state index contributed by atoms with van der Waals surface area (Å²) in [5, 5.41) is 23.1. The maximum Gasteiger partial charge on any atom is 0.154 e. The van der Waals surface area contributed by atoms with E-state index in [4.69, 9.17) is 4.74 Å². The number of hydrogen-bond donors (Lipinski definition) is 3. The monoisotopic (exact) mass is 341 g/mol. The summed E-state index contributed by atoms with van der Waals surface area (Å²) in [4.78, 5) is 11.4. The highest BCUT2D eigenvalue weighted by molar-refractivity contribution is 5.91. The van der Waals surface area contributed by atoms with E-state index in [2.05, 4.69) is 12.2 Å². The van der Waals surface area contributed by atoms with Gasteiger partial charge in [0.2, 0.25) is 0 Å². The third-order valence-corrected chi connectivity index (χ3v) is 4.79. The first kappa shape index (κ1) is 17.3. The molecule has 0 aliphatic carbocycles. The smallest absolute Gasteiger partial charge is 0.154 e. The lowest BCUT2D eigenvalue weighted by Crippen LogP contribution is -2.44. The summed E-state index contributed by atoms with van der Waals surface area (Å²) in [5.74, 6) is 1.09. The Balaban J connectivity index is 1.85. The lowest BCUT2D eigenvalue weighted by atomic mass is 9.93. The van der Waals surface area contributed by atoms with Gasteiger partial charge in [-0.3, -0.25) is 4.79 Å². The predicted molar refractivity (Wildman–Crippen MR) is 96.3 cm³/mol. The van der Waals surface area contributed by atoms with Crippen LogP contribution in [0, 0.1) is 5.92 Å². The summed E-state index contributed by atoms with van der Waals surface area (Å²) in [6.45, 7) is 3.71. The second-order valence-corrected chi connectivity index (χ2v) is 6.56. The van der Waals surface area contributed by atoms with Crippen molar-refractivity contribution in [2.45, 2.75) is 25.8 Å². The number of aromatic hydroxyl groups is 2. The third-order valence-electron chi connectivity index (χ3n) is 4.79. The van der Waals surface area contributed by atoms with E-state index in [-0.39, 0.29) is 23.1 Å². The molecule has 0 radical (unpaired) electrons. The quantitative estimate of drug-likeness (QED) is 0.727. The molecule has 1 aliphatic rings. The van der Waals surface area contributed by atoms with E-state index in [9.17, 15) is 15.0 Å². The predicted octanol–water partition coefficient (Wildman–Crippen LogP) is 3.34. The van der Waals surface area contributed by atoms with Crippen molar-refractivity contribution in [2.24, 2.45) is 5.92 Å². The van der Waals surface area contributed by atoms with E-state index < -0.39 is 0 Å². The van der Waals surface area contributed by atoms with Gasteiger partial charge < -0.3 is 20.3 Å². The van der Waals surface area contributed by atoms with Gasteiger partial charge >= 0.3 is 0 Å². The van der Waals surface area contributed by atoms with Crippen molar-refractivity contribution in [1.82, 2.24) is 5.32 Å². The van der Waals surface area contributed by atoms with Crippen LogP contribution in [0.15, 0.2) is 36.4 Å². The molecule has 3 N–H and O–H groups in total. The van der Waals surface area contributed by atoms with E-state index in [1.165, 1.54) is 18.9 Å². The highest BCUT2D eigenvalue weighted by atomic mass is 16.5. The highest BCUT2D eigenvalue weighted by Gasteiger charge is 2.21. The molecule has 1 aliphatic heterocycles. The molecule has 1 heterocycles. The topological polar surface area (TPSA) is 78.8 Å². The molecule has 2 aromatic rings. The van der Waals surface area contributed by atoms with Gasteiger partial charge in [-0.15, -0.1) is 0 Å². The molecule has 2 unspecified atom stereocenters. The normalized spacial score (nSPS) is 20.2. The van der Waals surface area contributed by atoms with Gasteiger partial charge in [-0.1, -0.05) is 19.1 Å². The minimum absolute atomic E-state index is 0.111. The van der Waals surface area contributed by atoms with Gasteiger partial charge in [0.05, 0.1) is 5.56 Å². The number of phenolic OH excluding ortho intramolecular Hbond substituents is 2. The number of rotatable bonds is 5. The number of benzene rings is 2. The lowest BCUT2D eigenvalue weighted by molar-refractivity contribution is 0.112. The first-order chi connectivity index (χ1) is 12.1. The Morgan fingerprint density at radius 1 is 1.24 bits per heavy atom. The van der Waals surface area contributed by atoms with Crippen molar-refractivity contribution in [3.05, 3.63) is 42.0 Å². The van der Waals surface area contributed by atoms with Crippen LogP contribution in [-0.4, -0.2) is 35.7 Å². The number of phenols is 2. The standard InChI is InChI=1S/C20H23NO4/c1-13-3-2-8-21-19(13)12-25-16-9-17(18(11-22)20(24)10-16)14-4-6-15(23)7-5-14/h4-7,9-11,13,19,21,23-24H,2-3,8,12H2,1H3. The maximum atomic E-state index is 11.4. The molecule has 3 rings (SSSR count). The number of hydrogen-bond acceptors (Lipinski definition) is 5. The molecule has 2 atom stereocenters. The number of carbonyl (C=O) groups is 1. The number of carbonyl (C=O) groups excluding carboxylic acids is 1. The molecule has 1 saturated heterocycles. The van der Waals surface area contributed by atoms with Gasteiger partial charge in [0.25, 0.3) is 0 Å². The number of aldehydes is 1. The number of nitrogens with one attached hydrogen (secondary N) is 1. The molecule has 0 bridgehead atoms. The van der Waals surface area contributed by atoms with Crippen LogP contribution in [0.5, 0.6) is 17.2 Å². The van der Waals surface area contributed by atoms with Gasteiger partial charge in [0.15, 0.2) is 6.29 Å². The van der Waals surface area contributed by atoms with Crippen LogP contribution in [0.2, 0.25) is 0 Å². The van der Waals surface area contributed by atoms with Crippen molar-refractivity contribution < 1.29 is 19.7 Å². The average Bonchev–Trinajstić information content (AvgIpc) is 2.61. The zero-order valence-electron chi connectivity index (χ0n) is 14.2. The molecule has 0 spiro atoms. The van der Waals surface area contributed by atoms with Gasteiger partial charge in [-0.05, 0) is 54.6 Å². The Labute approximate surface area is 147 Å². The molecule has 0 aromatic heterocycles. The SMILES string of the molecule is CC1CCCNC1COc1cc(O)c(C=O)c(-c2ccc(O)cc2)c1. The van der Waals surface area contributed by atoms with Crippen LogP contribution in [0.4, 0.5) is 0 Å². The molecule has 0 amide bonds. The molecular weight excluding hydrogens is 318 g/mol. The van der Waals surface area contributed by atoms with E-state index in [0.717, 1.165) is 12.1 Å². The Bertz CT molecular complexity index is 742. The van der Waals surface area contributed by atoms with Crippen molar-refractivity contribution in [1.29, 1.82) is 0 Å². The van der Waals surface area contributed by atoms with Gasteiger partial charge in [0, 0.05) is 12.1 Å². The lowest BCUT2D eigenvalue weighted by Gasteiger charge is -2.30. The Morgan fingerprint density at radius 3 is 2.68 bits per heavy atom. The third kappa shape index (κ3) is 3.94. The summed E-state index contributed by atoms with van der Waals surface area (Å²) in [7, 11) is 0. The maximum absolute atomic E-state index is 11.4. The zero-order chi connectivity index (χ0) is 17.8. The van der Waals surface area contributed by atoms with Crippen LogP contribution in [0.25, 0.3) is 11.1 Å². The molecule has 5 heteroatoms. The number of ether oxygens (including phenoxy) is 1. The minimum Gasteiger partial charge on any atom is -0.508 e. The molecule has 2 aromatic carbocycles. The first-order valence-corrected chi connectivity index (χ1v) is 8.56. The van der Waals surface area contributed by atoms with Gasteiger partial charge in [0.1, 0.15) is 23.9 Å². The van der Waals surface area contributed by atoms with Crippen molar-refractivity contribution in [3.8, 4) is 28.4 Å². The molecule has 0 saturated carbocycles. The van der Waals surface area contributed by atoms with Crippen molar-refractivity contribution in [2.75, 3.05) is 13.2 Å². The van der Waals surface area contributed by atoms with E-state index in [1.807, 2.05) is 0 Å². The molecule has 5 nitrogen and oxygen atoms in total. The highest BCUT2D eigenvalue weighted by Crippen LogP contribution is 2.34. The van der Waals surface area contributed by atoms with Crippen LogP contribution < -0.4 is 10.1 Å². The summed E-state index contributed by atoms with van der Waals surface area (Å²) in [5.41, 5.74) is 1.52. The van der Waals surface area contributed by atoms with E-state index >= 15 is 0 Å². The Kier molecular flexibility index (Phi) is 5.24. The van der Waals surface area contributed by atoms with Crippen molar-refractivity contribution in [3.63, 3.8) is 0 Å². The Hall–Kier alpha value is -2.53. The van der Waals surface area contributed by atoms with E-state index in [0.29, 0.717) is 30.1 Å². The second-order valence-electron chi connectivity index (χ2n) is 6.56. The van der Waals surface area contributed by atoms with Crippen molar-refractivity contribution >= 4 is 6.29 Å². The summed E-state index contributed by atoms with van der Waals surface area (Å²) in [6, 6.07) is 9.99. The van der Waals surface area contributed by atoms with Crippen LogP contribution in [-0.2, 0) is 0 Å². The Morgan fingerprint density at radius 2 is 2.00 bits per heavy atom. The first-order valence-electron chi connectivity index (χ1n) is 8.56. The van der Waals surface area contributed by atoms with Crippen LogP contribution in [0.1, 0.15) is 30.1 Å². The van der Waals surface area contributed by atoms with E-state index in [1.54, 1.807) is 30.3 Å². The molecule has 1 fully saturated rings. The fraction of sp³-hybridized carbons (Fsp3) is 0.350. The zero-order valence-corrected chi connectivity index (χ0v) is 14.2. The van der Waals surface area contributed by atoms with Crippen LogP contribution in [0.3, 0.4) is 0 Å². The fourth-order valence-electron chi connectivity index (χ4n) is 3.22. The summed E-state index contributed by atoms with van der Waals surface area (Å²) in [6.07, 6.45) is 2.98. The molecule has 132 valence electrons. The van der Waals surface area contributed by atoms with Gasteiger partial charge in [-0.2, -0.15) is 0 Å². The summed E-state index contributed by atoms with van der Waals surface area (Å²) < 4.78 is 5.89. The molecular formula is C20H23NO4. The van der Waals surface area contributed by atoms with Gasteiger partial charge in [-0.25, -0.2) is 0 Å². The second kappa shape index (κ2) is 7.57.